The molecule has 0 aliphatic heterocycles. The molecule has 0 N–H and O–H groups in total. The van der Waals surface area contributed by atoms with Gasteiger partial charge in [-0.05, 0) is 54.2 Å². The van der Waals surface area contributed by atoms with Gasteiger partial charge in [0.1, 0.15) is 5.82 Å². The molecule has 3 rings (SSSR count). The van der Waals surface area contributed by atoms with Crippen molar-refractivity contribution in [2.45, 2.75) is 28.6 Å². The largest absolute Gasteiger partial charge is 0.207 e. The van der Waals surface area contributed by atoms with E-state index in [9.17, 15) is 4.39 Å². The van der Waals surface area contributed by atoms with E-state index in [2.05, 4.69) is 18.7 Å². The van der Waals surface area contributed by atoms with Crippen LogP contribution in [0.15, 0.2) is 58.8 Å². The normalized spacial score (nSPS) is 14.4. The van der Waals surface area contributed by atoms with Gasteiger partial charge < -0.3 is 0 Å². The van der Waals surface area contributed by atoms with Gasteiger partial charge >= 0.3 is 0 Å². The Kier molecular flexibility index (Phi) is 3.43. The monoisotopic (exact) mass is 270 g/mol. The second-order valence-electron chi connectivity index (χ2n) is 4.81. The molecule has 0 bridgehead atoms. The van der Waals surface area contributed by atoms with Crippen LogP contribution in [0.4, 0.5) is 4.39 Å². The Morgan fingerprint density at radius 2 is 1.89 bits per heavy atom. The summed E-state index contributed by atoms with van der Waals surface area (Å²) in [4.78, 5) is 2.34. The van der Waals surface area contributed by atoms with Crippen molar-refractivity contribution in [3.8, 4) is 0 Å². The van der Waals surface area contributed by atoms with Gasteiger partial charge in [-0.15, -0.1) is 0 Å². The maximum atomic E-state index is 13.7. The third-order valence-electron chi connectivity index (χ3n) is 3.31. The standard InChI is InChI=1S/C17H15FS/c1-2-12-10-14(18)11-16(13-8-9-13)17(12)19-15-6-4-3-5-7-15/h2-7,10-11,13H,1,8-9H2. The van der Waals surface area contributed by atoms with Crippen molar-refractivity contribution < 1.29 is 4.39 Å². The minimum Gasteiger partial charge on any atom is -0.207 e. The molecule has 0 radical (unpaired) electrons. The van der Waals surface area contributed by atoms with Crippen LogP contribution in [-0.2, 0) is 0 Å². The van der Waals surface area contributed by atoms with E-state index in [0.717, 1.165) is 16.0 Å². The fourth-order valence-electron chi connectivity index (χ4n) is 2.21. The fraction of sp³-hybridized carbons (Fsp3) is 0.176. The molecular formula is C17H15FS. The molecule has 19 heavy (non-hydrogen) atoms. The lowest BCUT2D eigenvalue weighted by molar-refractivity contribution is 0.623. The highest BCUT2D eigenvalue weighted by Gasteiger charge is 2.28. The quantitative estimate of drug-likeness (QED) is 0.707. The molecule has 2 aromatic rings. The van der Waals surface area contributed by atoms with Crippen LogP contribution in [0.25, 0.3) is 6.08 Å². The van der Waals surface area contributed by atoms with Crippen LogP contribution < -0.4 is 0 Å². The molecule has 96 valence electrons. The molecule has 1 aliphatic rings. The first-order valence-electron chi connectivity index (χ1n) is 6.46. The van der Waals surface area contributed by atoms with Gasteiger partial charge in [0.05, 0.1) is 0 Å². The number of halogens is 1. The van der Waals surface area contributed by atoms with Crippen molar-refractivity contribution in [1.29, 1.82) is 0 Å². The Balaban J connectivity index is 2.05. The predicted octanol–water partition coefficient (Wildman–Crippen LogP) is 5.50. The first-order valence-corrected chi connectivity index (χ1v) is 7.28. The highest BCUT2D eigenvalue weighted by molar-refractivity contribution is 7.99. The SMILES string of the molecule is C=Cc1cc(F)cc(C2CC2)c1Sc1ccccc1. The van der Waals surface area contributed by atoms with Crippen molar-refractivity contribution in [2.24, 2.45) is 0 Å². The number of benzene rings is 2. The summed E-state index contributed by atoms with van der Waals surface area (Å²) in [5.74, 6) is 0.370. The second kappa shape index (κ2) is 5.22. The first-order chi connectivity index (χ1) is 9.28. The predicted molar refractivity (Wildman–Crippen MR) is 79.0 cm³/mol. The molecule has 0 aromatic heterocycles. The van der Waals surface area contributed by atoms with E-state index >= 15 is 0 Å². The van der Waals surface area contributed by atoms with Gasteiger partial charge in [-0.2, -0.15) is 0 Å². The van der Waals surface area contributed by atoms with Crippen molar-refractivity contribution in [1.82, 2.24) is 0 Å². The summed E-state index contributed by atoms with van der Waals surface area (Å²) in [6.45, 7) is 3.82. The summed E-state index contributed by atoms with van der Waals surface area (Å²) in [6.07, 6.45) is 4.09. The fourth-order valence-corrected chi connectivity index (χ4v) is 3.34. The topological polar surface area (TPSA) is 0 Å². The molecule has 0 saturated heterocycles. The van der Waals surface area contributed by atoms with E-state index in [1.165, 1.54) is 17.7 Å². The zero-order valence-electron chi connectivity index (χ0n) is 10.6. The Bertz CT molecular complexity index is 600. The van der Waals surface area contributed by atoms with Gasteiger partial charge in [0.15, 0.2) is 0 Å². The molecule has 0 amide bonds. The average Bonchev–Trinajstić information content (AvgIpc) is 3.26. The highest BCUT2D eigenvalue weighted by atomic mass is 32.2. The number of rotatable bonds is 4. The maximum Gasteiger partial charge on any atom is 0.124 e. The summed E-state index contributed by atoms with van der Waals surface area (Å²) in [5.41, 5.74) is 2.04. The van der Waals surface area contributed by atoms with Gasteiger partial charge in [-0.3, -0.25) is 0 Å². The van der Waals surface area contributed by atoms with E-state index in [1.807, 2.05) is 18.2 Å². The minimum atomic E-state index is -0.158. The van der Waals surface area contributed by atoms with Gasteiger partial charge in [0, 0.05) is 9.79 Å². The third-order valence-corrected chi connectivity index (χ3v) is 4.49. The van der Waals surface area contributed by atoms with Crippen LogP contribution in [0.3, 0.4) is 0 Å². The zero-order chi connectivity index (χ0) is 13.2. The summed E-state index contributed by atoms with van der Waals surface area (Å²) in [5, 5.41) is 0. The Morgan fingerprint density at radius 1 is 1.16 bits per heavy atom. The summed E-state index contributed by atoms with van der Waals surface area (Å²) < 4.78 is 13.7. The lowest BCUT2D eigenvalue weighted by Gasteiger charge is -2.12. The van der Waals surface area contributed by atoms with E-state index in [-0.39, 0.29) is 5.82 Å². The van der Waals surface area contributed by atoms with E-state index in [4.69, 9.17) is 0 Å². The smallest absolute Gasteiger partial charge is 0.124 e. The average molecular weight is 270 g/mol. The third kappa shape index (κ3) is 2.74. The lowest BCUT2D eigenvalue weighted by Crippen LogP contribution is -1.92. The molecule has 0 heterocycles. The van der Waals surface area contributed by atoms with Crippen LogP contribution >= 0.6 is 11.8 Å². The number of hydrogen-bond donors (Lipinski definition) is 0. The Morgan fingerprint density at radius 3 is 2.53 bits per heavy atom. The zero-order valence-corrected chi connectivity index (χ0v) is 11.4. The van der Waals surface area contributed by atoms with Gasteiger partial charge in [-0.25, -0.2) is 4.39 Å². The van der Waals surface area contributed by atoms with Crippen molar-refractivity contribution in [3.05, 3.63) is 66.0 Å². The van der Waals surface area contributed by atoms with Crippen molar-refractivity contribution >= 4 is 17.8 Å². The molecule has 2 aromatic carbocycles. The van der Waals surface area contributed by atoms with E-state index in [1.54, 1.807) is 30.0 Å². The molecule has 2 heteroatoms. The van der Waals surface area contributed by atoms with Crippen LogP contribution in [-0.4, -0.2) is 0 Å². The first kappa shape index (κ1) is 12.5. The summed E-state index contributed by atoms with van der Waals surface area (Å²) in [6, 6.07) is 13.5. The molecule has 1 fully saturated rings. The van der Waals surface area contributed by atoms with E-state index < -0.39 is 0 Å². The Hall–Kier alpha value is -1.54. The molecule has 1 aliphatic carbocycles. The maximum absolute atomic E-state index is 13.7. The molecular weight excluding hydrogens is 255 g/mol. The van der Waals surface area contributed by atoms with Gasteiger partial charge in [-0.1, -0.05) is 42.6 Å². The molecule has 0 unspecified atom stereocenters. The molecule has 0 nitrogen and oxygen atoms in total. The minimum absolute atomic E-state index is 0.158. The van der Waals surface area contributed by atoms with Gasteiger partial charge in [0.25, 0.3) is 0 Å². The number of hydrogen-bond acceptors (Lipinski definition) is 1. The lowest BCUT2D eigenvalue weighted by atomic mass is 10.1. The van der Waals surface area contributed by atoms with E-state index in [0.29, 0.717) is 5.92 Å². The van der Waals surface area contributed by atoms with Crippen molar-refractivity contribution in [3.63, 3.8) is 0 Å². The van der Waals surface area contributed by atoms with Crippen LogP contribution in [0.1, 0.15) is 29.9 Å². The molecule has 0 spiro atoms. The molecule has 0 atom stereocenters. The van der Waals surface area contributed by atoms with Crippen LogP contribution in [0.2, 0.25) is 0 Å². The molecule has 1 saturated carbocycles. The summed E-state index contributed by atoms with van der Waals surface area (Å²) in [7, 11) is 0. The Labute approximate surface area is 117 Å². The van der Waals surface area contributed by atoms with Crippen LogP contribution in [0.5, 0.6) is 0 Å². The van der Waals surface area contributed by atoms with Crippen LogP contribution in [0, 0.1) is 5.82 Å². The highest BCUT2D eigenvalue weighted by Crippen LogP contribution is 2.47. The van der Waals surface area contributed by atoms with Crippen molar-refractivity contribution in [2.75, 3.05) is 0 Å². The van der Waals surface area contributed by atoms with Gasteiger partial charge in [0.2, 0.25) is 0 Å². The summed E-state index contributed by atoms with van der Waals surface area (Å²) >= 11 is 1.70. The second-order valence-corrected chi connectivity index (χ2v) is 5.89.